The normalized spacial score (nSPS) is 11.7. The van der Waals surface area contributed by atoms with E-state index < -0.39 is 18.0 Å². The van der Waals surface area contributed by atoms with Crippen LogP contribution in [0.3, 0.4) is 0 Å². The van der Waals surface area contributed by atoms with Crippen molar-refractivity contribution in [2.75, 3.05) is 5.32 Å². The van der Waals surface area contributed by atoms with Gasteiger partial charge in [0.1, 0.15) is 6.04 Å². The summed E-state index contributed by atoms with van der Waals surface area (Å²) in [4.78, 5) is 22.7. The maximum atomic E-state index is 11.8. The van der Waals surface area contributed by atoms with E-state index in [0.717, 1.165) is 0 Å². The molecule has 1 rings (SSSR count). The van der Waals surface area contributed by atoms with Crippen LogP contribution in [-0.4, -0.2) is 23.1 Å². The van der Waals surface area contributed by atoms with Crippen LogP contribution < -0.4 is 10.6 Å². The molecule has 0 saturated carbocycles. The van der Waals surface area contributed by atoms with Crippen LogP contribution in [0.4, 0.5) is 10.5 Å². The van der Waals surface area contributed by atoms with Crippen LogP contribution in [-0.2, 0) is 4.79 Å². The van der Waals surface area contributed by atoms with Gasteiger partial charge in [-0.25, -0.2) is 9.59 Å². The van der Waals surface area contributed by atoms with Crippen molar-refractivity contribution in [2.45, 2.75) is 25.8 Å². The van der Waals surface area contributed by atoms with Crippen molar-refractivity contribution in [1.82, 2.24) is 5.32 Å². The summed E-state index contributed by atoms with van der Waals surface area (Å²) in [6.07, 6.45) is 1.07. The molecule has 0 unspecified atom stereocenters. The molecule has 0 bridgehead atoms. The van der Waals surface area contributed by atoms with Crippen molar-refractivity contribution in [3.05, 3.63) is 27.1 Å². The van der Waals surface area contributed by atoms with Crippen LogP contribution in [0.15, 0.2) is 27.1 Å². The smallest absolute Gasteiger partial charge is 0.326 e. The second-order valence-electron chi connectivity index (χ2n) is 3.87. The lowest BCUT2D eigenvalue weighted by Crippen LogP contribution is -2.42. The van der Waals surface area contributed by atoms with Crippen LogP contribution in [0.1, 0.15) is 19.8 Å². The minimum atomic E-state index is -1.04. The SMILES string of the molecule is CCC[C@H](NC(=O)Nc1c(Br)cccc1Br)C(=O)O. The van der Waals surface area contributed by atoms with Gasteiger partial charge in [-0.3, -0.25) is 0 Å². The molecule has 0 aliphatic rings. The molecular weight excluding hydrogens is 380 g/mol. The lowest BCUT2D eigenvalue weighted by molar-refractivity contribution is -0.139. The first-order chi connectivity index (χ1) is 8.95. The Morgan fingerprint density at radius 2 is 1.89 bits per heavy atom. The molecule has 0 heterocycles. The summed E-state index contributed by atoms with van der Waals surface area (Å²) in [6.45, 7) is 1.86. The molecule has 5 nitrogen and oxygen atoms in total. The number of halogens is 2. The Bertz CT molecular complexity index is 460. The highest BCUT2D eigenvalue weighted by Gasteiger charge is 2.19. The number of para-hydroxylation sites is 1. The predicted molar refractivity (Wildman–Crippen MR) is 80.3 cm³/mol. The molecule has 0 radical (unpaired) electrons. The zero-order valence-electron chi connectivity index (χ0n) is 10.2. The summed E-state index contributed by atoms with van der Waals surface area (Å²) in [5, 5.41) is 14.0. The predicted octanol–water partition coefficient (Wildman–Crippen LogP) is 3.59. The zero-order chi connectivity index (χ0) is 14.4. The van der Waals surface area contributed by atoms with Gasteiger partial charge in [0.25, 0.3) is 0 Å². The summed E-state index contributed by atoms with van der Waals surface area (Å²) >= 11 is 6.63. The van der Waals surface area contributed by atoms with Crippen molar-refractivity contribution in [3.63, 3.8) is 0 Å². The largest absolute Gasteiger partial charge is 0.480 e. The number of rotatable bonds is 5. The molecule has 7 heteroatoms. The quantitative estimate of drug-likeness (QED) is 0.715. The van der Waals surface area contributed by atoms with E-state index in [1.807, 2.05) is 13.0 Å². The third-order valence-electron chi connectivity index (χ3n) is 2.38. The molecule has 0 aliphatic heterocycles. The van der Waals surface area contributed by atoms with Gasteiger partial charge < -0.3 is 15.7 Å². The second-order valence-corrected chi connectivity index (χ2v) is 5.58. The van der Waals surface area contributed by atoms with E-state index in [0.29, 0.717) is 27.5 Å². The van der Waals surface area contributed by atoms with Gasteiger partial charge in [0.2, 0.25) is 0 Å². The van der Waals surface area contributed by atoms with Crippen LogP contribution in [0.2, 0.25) is 0 Å². The third-order valence-corrected chi connectivity index (χ3v) is 3.70. The number of carboxylic acid groups (broad SMARTS) is 1. The molecule has 0 spiro atoms. The average Bonchev–Trinajstić information content (AvgIpc) is 2.33. The summed E-state index contributed by atoms with van der Waals surface area (Å²) < 4.78 is 1.42. The molecule has 1 atom stereocenters. The average molecular weight is 394 g/mol. The van der Waals surface area contributed by atoms with Gasteiger partial charge in [-0.2, -0.15) is 0 Å². The Kier molecular flexibility index (Phi) is 6.30. The van der Waals surface area contributed by atoms with Crippen molar-refractivity contribution >= 4 is 49.5 Å². The Morgan fingerprint density at radius 1 is 1.32 bits per heavy atom. The molecule has 1 aromatic carbocycles. The van der Waals surface area contributed by atoms with Gasteiger partial charge in [-0.15, -0.1) is 0 Å². The van der Waals surface area contributed by atoms with E-state index in [1.54, 1.807) is 12.1 Å². The van der Waals surface area contributed by atoms with Crippen molar-refractivity contribution < 1.29 is 14.7 Å². The molecule has 0 aromatic heterocycles. The lowest BCUT2D eigenvalue weighted by atomic mass is 10.2. The molecule has 0 fully saturated rings. The topological polar surface area (TPSA) is 78.4 Å². The minimum absolute atomic E-state index is 0.389. The van der Waals surface area contributed by atoms with Crippen LogP contribution in [0, 0.1) is 0 Å². The molecule has 104 valence electrons. The first-order valence-corrected chi connectivity index (χ1v) is 7.28. The molecule has 0 saturated heterocycles. The van der Waals surface area contributed by atoms with Crippen molar-refractivity contribution in [1.29, 1.82) is 0 Å². The van der Waals surface area contributed by atoms with E-state index >= 15 is 0 Å². The van der Waals surface area contributed by atoms with Gasteiger partial charge >= 0.3 is 12.0 Å². The monoisotopic (exact) mass is 392 g/mol. The van der Waals surface area contributed by atoms with E-state index in [4.69, 9.17) is 5.11 Å². The highest BCUT2D eigenvalue weighted by atomic mass is 79.9. The molecule has 2 amide bonds. The third kappa shape index (κ3) is 4.83. The molecule has 0 aliphatic carbocycles. The Balaban J connectivity index is 2.72. The molecule has 1 aromatic rings. The number of nitrogens with one attached hydrogen (secondary N) is 2. The van der Waals surface area contributed by atoms with Crippen molar-refractivity contribution in [3.8, 4) is 0 Å². The number of hydrogen-bond donors (Lipinski definition) is 3. The number of anilines is 1. The van der Waals surface area contributed by atoms with Crippen molar-refractivity contribution in [2.24, 2.45) is 0 Å². The van der Waals surface area contributed by atoms with Gasteiger partial charge in [0.15, 0.2) is 0 Å². The Morgan fingerprint density at radius 3 is 2.37 bits per heavy atom. The summed E-state index contributed by atoms with van der Waals surface area (Å²) in [7, 11) is 0. The number of urea groups is 1. The fourth-order valence-corrected chi connectivity index (χ4v) is 2.67. The second kappa shape index (κ2) is 7.49. The number of aliphatic carboxylic acids is 1. The van der Waals surface area contributed by atoms with Gasteiger partial charge in [-0.05, 0) is 50.4 Å². The summed E-state index contributed by atoms with van der Waals surface area (Å²) in [5.41, 5.74) is 0.556. The standard InChI is InChI=1S/C12H14Br2N2O3/c1-2-4-9(11(17)18)15-12(19)16-10-7(13)5-3-6-8(10)14/h3,5-6,9H,2,4H2,1H3,(H,17,18)(H2,15,16,19)/t9-/m0/s1. The first kappa shape index (κ1) is 16.0. The van der Waals surface area contributed by atoms with Crippen LogP contribution in [0.25, 0.3) is 0 Å². The Hall–Kier alpha value is -1.08. The lowest BCUT2D eigenvalue weighted by Gasteiger charge is -2.15. The Labute approximate surface area is 128 Å². The van der Waals surface area contributed by atoms with Gasteiger partial charge in [0, 0.05) is 8.95 Å². The molecule has 3 N–H and O–H groups in total. The fourth-order valence-electron chi connectivity index (χ4n) is 1.47. The fraction of sp³-hybridized carbons (Fsp3) is 0.333. The zero-order valence-corrected chi connectivity index (χ0v) is 13.4. The number of carbonyl (C=O) groups excluding carboxylic acids is 1. The summed E-state index contributed by atoms with van der Waals surface area (Å²) in [6, 6.07) is 3.94. The van der Waals surface area contributed by atoms with E-state index in [9.17, 15) is 9.59 Å². The maximum Gasteiger partial charge on any atom is 0.326 e. The number of carbonyl (C=O) groups is 2. The number of benzene rings is 1. The molecular formula is C12H14Br2N2O3. The first-order valence-electron chi connectivity index (χ1n) is 5.70. The van der Waals surface area contributed by atoms with Crippen LogP contribution in [0.5, 0.6) is 0 Å². The maximum absolute atomic E-state index is 11.8. The van der Waals surface area contributed by atoms with E-state index in [2.05, 4.69) is 42.5 Å². The number of hydrogen-bond acceptors (Lipinski definition) is 2. The van der Waals surface area contributed by atoms with E-state index in [1.165, 1.54) is 0 Å². The number of carboxylic acids is 1. The van der Waals surface area contributed by atoms with Gasteiger partial charge in [0.05, 0.1) is 5.69 Å². The number of amides is 2. The summed E-state index contributed by atoms with van der Waals surface area (Å²) in [5.74, 6) is -1.04. The van der Waals surface area contributed by atoms with Crippen LogP contribution >= 0.6 is 31.9 Å². The molecule has 19 heavy (non-hydrogen) atoms. The minimum Gasteiger partial charge on any atom is -0.480 e. The van der Waals surface area contributed by atoms with Gasteiger partial charge in [-0.1, -0.05) is 19.4 Å². The van der Waals surface area contributed by atoms with E-state index in [-0.39, 0.29) is 0 Å². The highest BCUT2D eigenvalue weighted by Crippen LogP contribution is 2.30. The highest BCUT2D eigenvalue weighted by molar-refractivity contribution is 9.11.